The Kier molecular flexibility index (Phi) is 4.59. The topological polar surface area (TPSA) is 85.1 Å². The van der Waals surface area contributed by atoms with Crippen LogP contribution in [0.5, 0.6) is 0 Å². The Labute approximate surface area is 125 Å². The SMILES string of the molecule is CC(C)c1ccccc1NS(=O)(=O)c1cccnc1CN. The van der Waals surface area contributed by atoms with E-state index in [1.165, 1.54) is 12.3 Å². The molecule has 2 rings (SSSR count). The van der Waals surface area contributed by atoms with Gasteiger partial charge in [-0.1, -0.05) is 32.0 Å². The van der Waals surface area contributed by atoms with Crippen LogP contribution in [0.4, 0.5) is 5.69 Å². The van der Waals surface area contributed by atoms with Crippen LogP contribution in [0.2, 0.25) is 0 Å². The quantitative estimate of drug-likeness (QED) is 0.888. The summed E-state index contributed by atoms with van der Waals surface area (Å²) in [6.07, 6.45) is 1.53. The van der Waals surface area contributed by atoms with Gasteiger partial charge in [-0.15, -0.1) is 0 Å². The zero-order valence-corrected chi connectivity index (χ0v) is 12.9. The number of hydrogen-bond acceptors (Lipinski definition) is 4. The minimum Gasteiger partial charge on any atom is -0.325 e. The van der Waals surface area contributed by atoms with Crippen LogP contribution in [0.15, 0.2) is 47.5 Å². The molecule has 0 aliphatic carbocycles. The molecule has 1 aromatic heterocycles. The number of nitrogens with one attached hydrogen (secondary N) is 1. The number of benzene rings is 1. The van der Waals surface area contributed by atoms with Gasteiger partial charge < -0.3 is 5.73 Å². The number of sulfonamides is 1. The number of anilines is 1. The van der Waals surface area contributed by atoms with Gasteiger partial charge >= 0.3 is 0 Å². The molecule has 112 valence electrons. The average molecular weight is 305 g/mol. The van der Waals surface area contributed by atoms with Crippen molar-refractivity contribution in [3.05, 3.63) is 53.9 Å². The van der Waals surface area contributed by atoms with Gasteiger partial charge in [0.2, 0.25) is 0 Å². The summed E-state index contributed by atoms with van der Waals surface area (Å²) in [5.74, 6) is 0.215. The lowest BCUT2D eigenvalue weighted by atomic mass is 10.0. The van der Waals surface area contributed by atoms with Crippen molar-refractivity contribution in [3.8, 4) is 0 Å². The van der Waals surface area contributed by atoms with Crippen molar-refractivity contribution in [2.45, 2.75) is 31.2 Å². The Balaban J connectivity index is 2.43. The maximum Gasteiger partial charge on any atom is 0.263 e. The molecule has 0 atom stereocenters. The normalized spacial score (nSPS) is 11.6. The molecule has 1 heterocycles. The highest BCUT2D eigenvalue weighted by Crippen LogP contribution is 2.26. The van der Waals surface area contributed by atoms with Crippen LogP contribution in [0, 0.1) is 0 Å². The van der Waals surface area contributed by atoms with E-state index in [0.29, 0.717) is 11.4 Å². The second-order valence-corrected chi connectivity index (χ2v) is 6.65. The van der Waals surface area contributed by atoms with Crippen LogP contribution >= 0.6 is 0 Å². The van der Waals surface area contributed by atoms with E-state index in [-0.39, 0.29) is 17.4 Å². The molecule has 0 unspecified atom stereocenters. The second-order valence-electron chi connectivity index (χ2n) is 5.00. The van der Waals surface area contributed by atoms with Gasteiger partial charge in [0, 0.05) is 12.7 Å². The molecular formula is C15H19N3O2S. The first-order valence-electron chi connectivity index (χ1n) is 6.71. The van der Waals surface area contributed by atoms with E-state index in [0.717, 1.165) is 5.56 Å². The zero-order valence-electron chi connectivity index (χ0n) is 12.1. The molecular weight excluding hydrogens is 286 g/mol. The summed E-state index contributed by atoms with van der Waals surface area (Å²) < 4.78 is 27.7. The maximum atomic E-state index is 12.5. The molecule has 5 nitrogen and oxygen atoms in total. The third-order valence-corrected chi connectivity index (χ3v) is 4.60. The van der Waals surface area contributed by atoms with E-state index < -0.39 is 10.0 Å². The van der Waals surface area contributed by atoms with Crippen molar-refractivity contribution in [1.82, 2.24) is 4.98 Å². The molecule has 0 saturated heterocycles. The fourth-order valence-electron chi connectivity index (χ4n) is 2.11. The minimum absolute atomic E-state index is 0.0723. The highest BCUT2D eigenvalue weighted by Gasteiger charge is 2.20. The Bertz CT molecular complexity index is 727. The number of aromatic nitrogens is 1. The molecule has 0 saturated carbocycles. The van der Waals surface area contributed by atoms with Gasteiger partial charge in [0.25, 0.3) is 10.0 Å². The van der Waals surface area contributed by atoms with Crippen LogP contribution in [-0.2, 0) is 16.6 Å². The summed E-state index contributed by atoms with van der Waals surface area (Å²) in [6, 6.07) is 10.5. The van der Waals surface area contributed by atoms with E-state index >= 15 is 0 Å². The monoisotopic (exact) mass is 305 g/mol. The van der Waals surface area contributed by atoms with E-state index in [2.05, 4.69) is 9.71 Å². The first-order valence-corrected chi connectivity index (χ1v) is 8.19. The average Bonchev–Trinajstić information content (AvgIpc) is 2.47. The molecule has 0 aliphatic rings. The molecule has 1 aromatic carbocycles. The van der Waals surface area contributed by atoms with Crippen molar-refractivity contribution in [1.29, 1.82) is 0 Å². The van der Waals surface area contributed by atoms with Crippen LogP contribution in [-0.4, -0.2) is 13.4 Å². The number of para-hydroxylation sites is 1. The van der Waals surface area contributed by atoms with E-state index in [9.17, 15) is 8.42 Å². The van der Waals surface area contributed by atoms with Gasteiger partial charge in [-0.05, 0) is 29.7 Å². The molecule has 3 N–H and O–H groups in total. The lowest BCUT2D eigenvalue weighted by Gasteiger charge is -2.15. The standard InChI is InChI=1S/C15H19N3O2S/c1-11(2)12-6-3-4-7-13(12)18-21(19,20)15-8-5-9-17-14(15)10-16/h3-9,11,18H,10,16H2,1-2H3. The molecule has 0 bridgehead atoms. The maximum absolute atomic E-state index is 12.5. The third kappa shape index (κ3) is 3.40. The second kappa shape index (κ2) is 6.24. The van der Waals surface area contributed by atoms with Gasteiger partial charge in [-0.3, -0.25) is 9.71 Å². The third-order valence-electron chi connectivity index (χ3n) is 3.16. The summed E-state index contributed by atoms with van der Waals surface area (Å²) >= 11 is 0. The Hall–Kier alpha value is -1.92. The number of hydrogen-bond donors (Lipinski definition) is 2. The largest absolute Gasteiger partial charge is 0.325 e. The summed E-state index contributed by atoms with van der Waals surface area (Å²) in [7, 11) is -3.70. The number of rotatable bonds is 5. The van der Waals surface area contributed by atoms with Crippen molar-refractivity contribution in [2.24, 2.45) is 5.73 Å². The smallest absolute Gasteiger partial charge is 0.263 e. The fourth-order valence-corrected chi connectivity index (χ4v) is 3.40. The molecule has 0 spiro atoms. The van der Waals surface area contributed by atoms with Gasteiger partial charge in [-0.25, -0.2) is 8.42 Å². The van der Waals surface area contributed by atoms with Crippen LogP contribution in [0.25, 0.3) is 0 Å². The van der Waals surface area contributed by atoms with Crippen molar-refractivity contribution in [3.63, 3.8) is 0 Å². The Morgan fingerprint density at radius 2 is 1.90 bits per heavy atom. The van der Waals surface area contributed by atoms with Crippen molar-refractivity contribution < 1.29 is 8.42 Å². The number of nitrogens with zero attached hydrogens (tertiary/aromatic N) is 1. The first-order chi connectivity index (χ1) is 9.95. The van der Waals surface area contributed by atoms with Crippen LogP contribution < -0.4 is 10.5 Å². The zero-order chi connectivity index (χ0) is 15.5. The molecule has 6 heteroatoms. The van der Waals surface area contributed by atoms with Gasteiger partial charge in [0.05, 0.1) is 11.4 Å². The first kappa shape index (κ1) is 15.5. The van der Waals surface area contributed by atoms with Crippen LogP contribution in [0.3, 0.4) is 0 Å². The highest BCUT2D eigenvalue weighted by molar-refractivity contribution is 7.92. The van der Waals surface area contributed by atoms with Gasteiger partial charge in [-0.2, -0.15) is 0 Å². The summed E-state index contributed by atoms with van der Waals surface area (Å²) in [6.45, 7) is 4.11. The molecule has 0 radical (unpaired) electrons. The predicted octanol–water partition coefficient (Wildman–Crippen LogP) is 2.46. The summed E-state index contributed by atoms with van der Waals surface area (Å²) in [5, 5.41) is 0. The predicted molar refractivity (Wildman–Crippen MR) is 83.5 cm³/mol. The van der Waals surface area contributed by atoms with Gasteiger partial charge in [0.1, 0.15) is 4.90 Å². The Morgan fingerprint density at radius 1 is 1.19 bits per heavy atom. The van der Waals surface area contributed by atoms with Crippen molar-refractivity contribution in [2.75, 3.05) is 4.72 Å². The summed E-state index contributed by atoms with van der Waals surface area (Å²) in [4.78, 5) is 4.14. The summed E-state index contributed by atoms with van der Waals surface area (Å²) in [5.41, 5.74) is 7.44. The molecule has 21 heavy (non-hydrogen) atoms. The lowest BCUT2D eigenvalue weighted by molar-refractivity contribution is 0.599. The van der Waals surface area contributed by atoms with Gasteiger partial charge in [0.15, 0.2) is 0 Å². The fraction of sp³-hybridized carbons (Fsp3) is 0.267. The number of nitrogens with two attached hydrogens (primary N) is 1. The van der Waals surface area contributed by atoms with Crippen LogP contribution in [0.1, 0.15) is 31.0 Å². The number of pyridine rings is 1. The molecule has 0 aliphatic heterocycles. The van der Waals surface area contributed by atoms with E-state index in [4.69, 9.17) is 5.73 Å². The van der Waals surface area contributed by atoms with E-state index in [1.807, 2.05) is 26.0 Å². The minimum atomic E-state index is -3.70. The van der Waals surface area contributed by atoms with Crippen molar-refractivity contribution >= 4 is 15.7 Å². The molecule has 0 amide bonds. The molecule has 2 aromatic rings. The Morgan fingerprint density at radius 3 is 2.57 bits per heavy atom. The lowest BCUT2D eigenvalue weighted by Crippen LogP contribution is -2.18. The molecule has 0 fully saturated rings. The van der Waals surface area contributed by atoms with E-state index in [1.54, 1.807) is 18.2 Å². The highest BCUT2D eigenvalue weighted by atomic mass is 32.2.